The van der Waals surface area contributed by atoms with Crippen LogP contribution in [0.15, 0.2) is 42.5 Å². The Kier molecular flexibility index (Phi) is 4.84. The summed E-state index contributed by atoms with van der Waals surface area (Å²) in [5.74, 6) is 0.0907. The molecule has 0 bridgehead atoms. The number of methoxy groups -OCH3 is 1. The second-order valence-corrected chi connectivity index (χ2v) is 8.73. The zero-order chi connectivity index (χ0) is 19.8. The minimum Gasteiger partial charge on any atom is -0.497 e. The van der Waals surface area contributed by atoms with Crippen LogP contribution in [0.4, 0.5) is 10.1 Å². The van der Waals surface area contributed by atoms with Gasteiger partial charge >= 0.3 is 10.2 Å². The minimum absolute atomic E-state index is 0.0582. The summed E-state index contributed by atoms with van der Waals surface area (Å²) in [7, 11) is -2.37. The molecule has 0 amide bonds. The molecule has 8 heteroatoms. The van der Waals surface area contributed by atoms with Crippen LogP contribution in [0, 0.1) is 17.1 Å². The van der Waals surface area contributed by atoms with Crippen molar-refractivity contribution in [1.82, 2.24) is 4.31 Å². The first-order valence-electron chi connectivity index (χ1n) is 8.32. The molecule has 0 saturated carbocycles. The number of anilines is 1. The summed E-state index contributed by atoms with van der Waals surface area (Å²) in [6.07, 6.45) is 0. The van der Waals surface area contributed by atoms with E-state index in [4.69, 9.17) is 4.74 Å². The lowest BCUT2D eigenvalue weighted by molar-refractivity contribution is 0.257. The van der Waals surface area contributed by atoms with Gasteiger partial charge in [0.2, 0.25) is 0 Å². The van der Waals surface area contributed by atoms with Gasteiger partial charge in [-0.2, -0.15) is 18.0 Å². The van der Waals surface area contributed by atoms with Crippen LogP contribution in [0.25, 0.3) is 0 Å². The highest BCUT2D eigenvalue weighted by molar-refractivity contribution is 7.90. The third-order valence-corrected chi connectivity index (χ3v) is 6.66. The Labute approximate surface area is 158 Å². The number of benzene rings is 2. The van der Waals surface area contributed by atoms with Gasteiger partial charge < -0.3 is 4.74 Å². The average Bonchev–Trinajstić information content (AvgIpc) is 2.81. The van der Waals surface area contributed by atoms with Gasteiger partial charge in [-0.15, -0.1) is 0 Å². The zero-order valence-corrected chi connectivity index (χ0v) is 16.1. The van der Waals surface area contributed by atoms with Crippen LogP contribution in [-0.4, -0.2) is 31.9 Å². The summed E-state index contributed by atoms with van der Waals surface area (Å²) in [5, 5.41) is 9.30. The molecule has 0 atom stereocenters. The molecule has 0 N–H and O–H groups in total. The van der Waals surface area contributed by atoms with E-state index < -0.39 is 21.6 Å². The topological polar surface area (TPSA) is 73.6 Å². The molecule has 6 nitrogen and oxygen atoms in total. The van der Waals surface area contributed by atoms with Crippen molar-refractivity contribution >= 4 is 15.9 Å². The van der Waals surface area contributed by atoms with Crippen LogP contribution in [0.5, 0.6) is 5.75 Å². The predicted octanol–water partition coefficient (Wildman–Crippen LogP) is 3.05. The summed E-state index contributed by atoms with van der Waals surface area (Å²) in [6, 6.07) is 12.6. The van der Waals surface area contributed by atoms with Crippen molar-refractivity contribution in [2.45, 2.75) is 25.9 Å². The average molecular weight is 389 g/mol. The van der Waals surface area contributed by atoms with E-state index in [0.29, 0.717) is 5.75 Å². The molecule has 1 fully saturated rings. The Bertz CT molecular complexity index is 998. The van der Waals surface area contributed by atoms with Gasteiger partial charge in [-0.1, -0.05) is 12.1 Å². The molecule has 0 radical (unpaired) electrons. The number of nitriles is 1. The van der Waals surface area contributed by atoms with Crippen LogP contribution in [0.3, 0.4) is 0 Å². The van der Waals surface area contributed by atoms with E-state index in [1.165, 1.54) is 10.4 Å². The lowest BCUT2D eigenvalue weighted by atomic mass is 10.0. The molecule has 1 saturated heterocycles. The Balaban J connectivity index is 2.00. The predicted molar refractivity (Wildman–Crippen MR) is 100.0 cm³/mol. The third kappa shape index (κ3) is 3.48. The van der Waals surface area contributed by atoms with Crippen LogP contribution in [0.1, 0.15) is 25.0 Å². The van der Waals surface area contributed by atoms with Crippen LogP contribution < -0.4 is 9.04 Å². The fourth-order valence-corrected chi connectivity index (χ4v) is 5.26. The van der Waals surface area contributed by atoms with Gasteiger partial charge in [0.15, 0.2) is 0 Å². The van der Waals surface area contributed by atoms with Crippen molar-refractivity contribution in [2.24, 2.45) is 0 Å². The van der Waals surface area contributed by atoms with Crippen molar-refractivity contribution in [3.63, 3.8) is 0 Å². The first-order chi connectivity index (χ1) is 12.7. The lowest BCUT2D eigenvalue weighted by Crippen LogP contribution is -2.41. The minimum atomic E-state index is -3.93. The number of hydrogen-bond donors (Lipinski definition) is 0. The number of rotatable bonds is 4. The molecule has 0 aliphatic carbocycles. The fourth-order valence-electron chi connectivity index (χ4n) is 3.15. The Morgan fingerprint density at radius 2 is 1.89 bits per heavy atom. The van der Waals surface area contributed by atoms with Gasteiger partial charge in [0.25, 0.3) is 0 Å². The van der Waals surface area contributed by atoms with Crippen molar-refractivity contribution in [2.75, 3.05) is 18.0 Å². The van der Waals surface area contributed by atoms with Crippen molar-refractivity contribution in [3.05, 3.63) is 59.4 Å². The van der Waals surface area contributed by atoms with Crippen molar-refractivity contribution in [1.29, 1.82) is 5.26 Å². The molecule has 1 aliphatic heterocycles. The number of nitrogens with zero attached hydrogens (tertiary/aromatic N) is 3. The van der Waals surface area contributed by atoms with E-state index in [2.05, 4.69) is 0 Å². The molecular weight excluding hydrogens is 369 g/mol. The van der Waals surface area contributed by atoms with Crippen molar-refractivity contribution in [3.8, 4) is 11.8 Å². The first-order valence-corrected chi connectivity index (χ1v) is 9.72. The monoisotopic (exact) mass is 389 g/mol. The normalized spacial score (nSPS) is 18.3. The van der Waals surface area contributed by atoms with Gasteiger partial charge in [-0.25, -0.2) is 4.39 Å². The highest BCUT2D eigenvalue weighted by Crippen LogP contribution is 2.38. The SMILES string of the molecule is COc1ccc(CN2C(C)(C)CN(c3cc(F)ccc3C#N)S2(=O)=O)cc1. The molecule has 0 aromatic heterocycles. The maximum atomic E-state index is 13.7. The smallest absolute Gasteiger partial charge is 0.305 e. The van der Waals surface area contributed by atoms with Gasteiger partial charge in [0.1, 0.15) is 17.6 Å². The number of halogens is 1. The number of hydrogen-bond acceptors (Lipinski definition) is 4. The van der Waals surface area contributed by atoms with Crippen LogP contribution in [0.2, 0.25) is 0 Å². The van der Waals surface area contributed by atoms with Gasteiger partial charge in [-0.3, -0.25) is 4.31 Å². The molecule has 0 unspecified atom stereocenters. The molecule has 2 aromatic rings. The van der Waals surface area contributed by atoms with Gasteiger partial charge in [0, 0.05) is 6.54 Å². The van der Waals surface area contributed by atoms with E-state index in [1.807, 2.05) is 6.07 Å². The van der Waals surface area contributed by atoms with E-state index in [9.17, 15) is 18.1 Å². The molecular formula is C19H20FN3O3S. The summed E-state index contributed by atoms with van der Waals surface area (Å²) in [4.78, 5) is 0. The molecule has 0 spiro atoms. The Hall–Kier alpha value is -2.63. The summed E-state index contributed by atoms with van der Waals surface area (Å²) in [6.45, 7) is 3.88. The molecule has 1 heterocycles. The number of ether oxygens (including phenoxy) is 1. The molecule has 3 rings (SSSR count). The molecule has 142 valence electrons. The highest BCUT2D eigenvalue weighted by atomic mass is 32.2. The standard InChI is InChI=1S/C19H20FN3O3S/c1-19(2)13-22(18-10-16(20)7-6-15(18)11-21)27(24,25)23(19)12-14-4-8-17(26-3)9-5-14/h4-10H,12-13H2,1-3H3. The second-order valence-electron chi connectivity index (χ2n) is 6.95. The van der Waals surface area contributed by atoms with Crippen LogP contribution >= 0.6 is 0 Å². The quantitative estimate of drug-likeness (QED) is 0.806. The molecule has 27 heavy (non-hydrogen) atoms. The second kappa shape index (κ2) is 6.83. The fraction of sp³-hybridized carbons (Fsp3) is 0.316. The molecule has 2 aromatic carbocycles. The largest absolute Gasteiger partial charge is 0.497 e. The van der Waals surface area contributed by atoms with E-state index in [-0.39, 0.29) is 24.3 Å². The zero-order valence-electron chi connectivity index (χ0n) is 15.3. The van der Waals surface area contributed by atoms with E-state index in [1.54, 1.807) is 45.2 Å². The molecule has 1 aliphatic rings. The maximum Gasteiger partial charge on any atom is 0.305 e. The van der Waals surface area contributed by atoms with Gasteiger partial charge in [0.05, 0.1) is 30.4 Å². The van der Waals surface area contributed by atoms with Crippen LogP contribution in [-0.2, 0) is 16.8 Å². The summed E-state index contributed by atoms with van der Waals surface area (Å²) >= 11 is 0. The lowest BCUT2D eigenvalue weighted by Gasteiger charge is -2.27. The van der Waals surface area contributed by atoms with Gasteiger partial charge in [-0.05, 0) is 49.7 Å². The first kappa shape index (κ1) is 19.1. The Morgan fingerprint density at radius 3 is 2.48 bits per heavy atom. The summed E-state index contributed by atoms with van der Waals surface area (Å²) < 4.78 is 47.8. The highest BCUT2D eigenvalue weighted by Gasteiger charge is 2.49. The maximum absolute atomic E-state index is 13.7. The Morgan fingerprint density at radius 1 is 1.22 bits per heavy atom. The van der Waals surface area contributed by atoms with E-state index in [0.717, 1.165) is 22.0 Å². The van der Waals surface area contributed by atoms with Crippen molar-refractivity contribution < 1.29 is 17.5 Å². The summed E-state index contributed by atoms with van der Waals surface area (Å²) in [5.41, 5.74) is 0.233. The third-order valence-electron chi connectivity index (χ3n) is 4.60. The van der Waals surface area contributed by atoms with E-state index >= 15 is 0 Å².